The molecular formula is C24H29ClN2O3. The van der Waals surface area contributed by atoms with E-state index < -0.39 is 12.1 Å². The monoisotopic (exact) mass is 428 g/mol. The molecule has 30 heavy (non-hydrogen) atoms. The molecule has 1 saturated heterocycles. The Labute approximate surface area is 183 Å². The third-order valence-electron chi connectivity index (χ3n) is 5.68. The van der Waals surface area contributed by atoms with E-state index in [9.17, 15) is 14.7 Å². The number of halogens is 1. The standard InChI is InChI=1S/C24H29ClN2O3/c1-16(2)22(26-23(29)19-12-6-7-13-20(19)25)24(30)27-14-8-11-18(27)15-21(28)17-9-4-3-5-10-17/h3-7,9-10,12-13,16,18,21-22,28H,8,11,14-15H2,1-2H3,(H,26,29)/t18-,21-,22-/m0/s1. The minimum Gasteiger partial charge on any atom is -0.388 e. The maximum absolute atomic E-state index is 13.4. The van der Waals surface area contributed by atoms with Gasteiger partial charge in [0.25, 0.3) is 5.91 Å². The quantitative estimate of drug-likeness (QED) is 0.694. The highest BCUT2D eigenvalue weighted by Crippen LogP contribution is 2.28. The van der Waals surface area contributed by atoms with Gasteiger partial charge in [0, 0.05) is 12.6 Å². The lowest BCUT2D eigenvalue weighted by Crippen LogP contribution is -2.52. The lowest BCUT2D eigenvalue weighted by molar-refractivity contribution is -0.135. The maximum atomic E-state index is 13.4. The van der Waals surface area contributed by atoms with Crippen molar-refractivity contribution in [3.8, 4) is 0 Å². The van der Waals surface area contributed by atoms with Gasteiger partial charge in [-0.15, -0.1) is 0 Å². The van der Waals surface area contributed by atoms with Gasteiger partial charge in [-0.25, -0.2) is 0 Å². The first-order valence-corrected chi connectivity index (χ1v) is 10.8. The number of hydrogen-bond acceptors (Lipinski definition) is 3. The van der Waals surface area contributed by atoms with Crippen LogP contribution in [0.2, 0.25) is 5.02 Å². The van der Waals surface area contributed by atoms with Crippen LogP contribution in [0.25, 0.3) is 0 Å². The summed E-state index contributed by atoms with van der Waals surface area (Å²) in [4.78, 5) is 27.9. The van der Waals surface area contributed by atoms with Gasteiger partial charge < -0.3 is 15.3 Å². The number of carbonyl (C=O) groups excluding carboxylic acids is 2. The van der Waals surface area contributed by atoms with Crippen molar-refractivity contribution in [1.29, 1.82) is 0 Å². The van der Waals surface area contributed by atoms with E-state index in [1.54, 1.807) is 24.3 Å². The topological polar surface area (TPSA) is 69.6 Å². The lowest BCUT2D eigenvalue weighted by atomic mass is 9.98. The molecule has 2 N–H and O–H groups in total. The fraction of sp³-hybridized carbons (Fsp3) is 0.417. The molecule has 2 aromatic carbocycles. The number of nitrogens with zero attached hydrogens (tertiary/aromatic N) is 1. The molecular weight excluding hydrogens is 400 g/mol. The molecule has 5 nitrogen and oxygen atoms in total. The van der Waals surface area contributed by atoms with Crippen molar-refractivity contribution in [3.05, 3.63) is 70.7 Å². The van der Waals surface area contributed by atoms with Gasteiger partial charge in [0.15, 0.2) is 0 Å². The molecule has 1 aliphatic heterocycles. The van der Waals surface area contributed by atoms with Gasteiger partial charge in [0.1, 0.15) is 6.04 Å². The summed E-state index contributed by atoms with van der Waals surface area (Å²) in [5.74, 6) is -0.537. The number of nitrogens with one attached hydrogen (secondary N) is 1. The number of aliphatic hydroxyl groups is 1. The van der Waals surface area contributed by atoms with Crippen LogP contribution in [0.4, 0.5) is 0 Å². The number of hydrogen-bond donors (Lipinski definition) is 2. The number of rotatable bonds is 7. The summed E-state index contributed by atoms with van der Waals surface area (Å²) < 4.78 is 0. The van der Waals surface area contributed by atoms with E-state index in [0.717, 1.165) is 18.4 Å². The first kappa shape index (κ1) is 22.3. The Morgan fingerprint density at radius 2 is 1.80 bits per heavy atom. The second kappa shape index (κ2) is 10.1. The van der Waals surface area contributed by atoms with Crippen molar-refractivity contribution < 1.29 is 14.7 Å². The maximum Gasteiger partial charge on any atom is 0.253 e. The van der Waals surface area contributed by atoms with Gasteiger partial charge in [0.05, 0.1) is 16.7 Å². The first-order chi connectivity index (χ1) is 14.4. The molecule has 1 heterocycles. The van der Waals surface area contributed by atoms with E-state index in [2.05, 4.69) is 5.32 Å². The highest BCUT2D eigenvalue weighted by atomic mass is 35.5. The summed E-state index contributed by atoms with van der Waals surface area (Å²) in [5.41, 5.74) is 1.21. The van der Waals surface area contributed by atoms with Crippen LogP contribution in [-0.2, 0) is 4.79 Å². The summed E-state index contributed by atoms with van der Waals surface area (Å²) in [7, 11) is 0. The van der Waals surface area contributed by atoms with Crippen molar-refractivity contribution in [3.63, 3.8) is 0 Å². The lowest BCUT2D eigenvalue weighted by Gasteiger charge is -2.32. The van der Waals surface area contributed by atoms with Gasteiger partial charge >= 0.3 is 0 Å². The molecule has 1 aliphatic rings. The van der Waals surface area contributed by atoms with Crippen molar-refractivity contribution in [2.45, 2.75) is 51.3 Å². The van der Waals surface area contributed by atoms with E-state index in [-0.39, 0.29) is 23.8 Å². The average Bonchev–Trinajstić information content (AvgIpc) is 3.20. The third kappa shape index (κ3) is 5.21. The number of likely N-dealkylation sites (tertiary alicyclic amines) is 1. The van der Waals surface area contributed by atoms with Gasteiger partial charge in [-0.05, 0) is 42.9 Å². The summed E-state index contributed by atoms with van der Waals surface area (Å²) in [6.45, 7) is 4.47. The molecule has 3 rings (SSSR count). The Hall–Kier alpha value is -2.37. The summed E-state index contributed by atoms with van der Waals surface area (Å²) in [5, 5.41) is 13.9. The van der Waals surface area contributed by atoms with Crippen LogP contribution < -0.4 is 5.32 Å². The van der Waals surface area contributed by atoms with Gasteiger partial charge in [-0.1, -0.05) is 67.9 Å². The fourth-order valence-corrected chi connectivity index (χ4v) is 4.22. The van der Waals surface area contributed by atoms with Crippen LogP contribution in [0.5, 0.6) is 0 Å². The van der Waals surface area contributed by atoms with Crippen molar-refractivity contribution in [2.24, 2.45) is 5.92 Å². The van der Waals surface area contributed by atoms with Crippen LogP contribution in [0.3, 0.4) is 0 Å². The Bertz CT molecular complexity index is 872. The van der Waals surface area contributed by atoms with Crippen LogP contribution in [0, 0.1) is 5.92 Å². The molecule has 160 valence electrons. The Morgan fingerprint density at radius 1 is 1.13 bits per heavy atom. The average molecular weight is 429 g/mol. The highest BCUT2D eigenvalue weighted by molar-refractivity contribution is 6.33. The second-order valence-corrected chi connectivity index (χ2v) is 8.57. The second-order valence-electron chi connectivity index (χ2n) is 8.16. The first-order valence-electron chi connectivity index (χ1n) is 10.5. The molecule has 2 aromatic rings. The number of carbonyl (C=O) groups is 2. The zero-order valence-electron chi connectivity index (χ0n) is 17.4. The molecule has 2 amide bonds. The smallest absolute Gasteiger partial charge is 0.253 e. The van der Waals surface area contributed by atoms with Crippen LogP contribution in [0.1, 0.15) is 55.1 Å². The van der Waals surface area contributed by atoms with Crippen molar-refractivity contribution in [2.75, 3.05) is 6.54 Å². The molecule has 0 aliphatic carbocycles. The number of amides is 2. The van der Waals surface area contributed by atoms with Crippen molar-refractivity contribution in [1.82, 2.24) is 10.2 Å². The molecule has 0 aromatic heterocycles. The largest absolute Gasteiger partial charge is 0.388 e. The molecule has 6 heteroatoms. The molecule has 0 bridgehead atoms. The SMILES string of the molecule is CC(C)[C@H](NC(=O)c1ccccc1Cl)C(=O)N1CCC[C@H]1C[C@H](O)c1ccccc1. The van der Waals surface area contributed by atoms with E-state index >= 15 is 0 Å². The van der Waals surface area contributed by atoms with Crippen LogP contribution in [0.15, 0.2) is 54.6 Å². The van der Waals surface area contributed by atoms with Crippen LogP contribution >= 0.6 is 11.6 Å². The van der Waals surface area contributed by atoms with Crippen molar-refractivity contribution >= 4 is 23.4 Å². The van der Waals surface area contributed by atoms with Gasteiger partial charge in [0.2, 0.25) is 5.91 Å². The highest BCUT2D eigenvalue weighted by Gasteiger charge is 2.36. The van der Waals surface area contributed by atoms with Crippen LogP contribution in [-0.4, -0.2) is 40.4 Å². The van der Waals surface area contributed by atoms with E-state index in [0.29, 0.717) is 23.6 Å². The zero-order valence-corrected chi connectivity index (χ0v) is 18.2. The Balaban J connectivity index is 1.71. The molecule has 0 unspecified atom stereocenters. The van der Waals surface area contributed by atoms with Gasteiger partial charge in [-0.2, -0.15) is 0 Å². The number of benzene rings is 2. The molecule has 0 spiro atoms. The molecule has 0 saturated carbocycles. The molecule has 3 atom stereocenters. The third-order valence-corrected chi connectivity index (χ3v) is 6.01. The Morgan fingerprint density at radius 3 is 2.47 bits per heavy atom. The molecule has 0 radical (unpaired) electrons. The van der Waals surface area contributed by atoms with Gasteiger partial charge in [-0.3, -0.25) is 9.59 Å². The minimum absolute atomic E-state index is 0.0498. The number of aliphatic hydroxyl groups excluding tert-OH is 1. The van der Waals surface area contributed by atoms with E-state index in [1.165, 1.54) is 0 Å². The Kier molecular flexibility index (Phi) is 7.51. The summed E-state index contributed by atoms with van der Waals surface area (Å²) in [6, 6.07) is 15.6. The minimum atomic E-state index is -0.650. The summed E-state index contributed by atoms with van der Waals surface area (Å²) in [6.07, 6.45) is 1.60. The zero-order chi connectivity index (χ0) is 21.7. The predicted molar refractivity (Wildman–Crippen MR) is 118 cm³/mol. The fourth-order valence-electron chi connectivity index (χ4n) is 4.00. The van der Waals surface area contributed by atoms with E-state index in [1.807, 2.05) is 49.1 Å². The summed E-state index contributed by atoms with van der Waals surface area (Å²) >= 11 is 6.14. The predicted octanol–water partition coefficient (Wildman–Crippen LogP) is 4.21. The molecule has 1 fully saturated rings. The normalized spacial score (nSPS) is 18.3. The van der Waals surface area contributed by atoms with E-state index in [4.69, 9.17) is 11.6 Å².